The Kier molecular flexibility index (Phi) is 13.1. The number of amides is 3. The molecular formula is C38H56N4O10. The average molecular weight is 729 g/mol. The number of esters is 1. The van der Waals surface area contributed by atoms with Gasteiger partial charge in [0.05, 0.1) is 19.3 Å². The van der Waals surface area contributed by atoms with E-state index in [4.69, 9.17) is 19.0 Å². The standard InChI is InChI=1S/C38H56N4O10/c1-6-8-12-18-37(19-13-9-7-2)50-30-27-22-38(36(48)40-29(24(3)44)34(46)39-20-21-43)32(35(47)49-27)42(52-33(38)31(30)51-37)23-26-15-11-10-14-25(26)16-17-28(45)41(4)5/h10-11,14-17,24,27,29-33,43-44H,6-9,12-13,18-23H2,1-5H3,(H,39,46)(H,40,48)/t24-,27?,29+,30-,31-,32-,33+,38?/m0/s1. The number of nitrogens with zero attached hydrogens (tertiary/aromatic N) is 2. The van der Waals surface area contributed by atoms with Gasteiger partial charge in [0.15, 0.2) is 11.8 Å². The Morgan fingerprint density at radius 1 is 1.06 bits per heavy atom. The van der Waals surface area contributed by atoms with Gasteiger partial charge in [0, 0.05) is 46.0 Å². The van der Waals surface area contributed by atoms with Crippen LogP contribution < -0.4 is 10.6 Å². The number of unbranched alkanes of at least 4 members (excludes halogenated alkanes) is 4. The number of fused-ring (bicyclic) bond motifs is 4. The van der Waals surface area contributed by atoms with Gasteiger partial charge in [-0.2, -0.15) is 5.06 Å². The molecule has 5 rings (SSSR count). The first kappa shape index (κ1) is 39.8. The van der Waals surface area contributed by atoms with E-state index in [1.54, 1.807) is 20.2 Å². The fraction of sp³-hybridized carbons (Fsp3) is 0.684. The van der Waals surface area contributed by atoms with Crippen LogP contribution >= 0.6 is 0 Å². The fourth-order valence-electron chi connectivity index (χ4n) is 7.99. The van der Waals surface area contributed by atoms with Crippen LogP contribution in [-0.4, -0.2) is 120 Å². The van der Waals surface area contributed by atoms with Gasteiger partial charge in [0.2, 0.25) is 17.7 Å². The molecule has 4 N–H and O–H groups in total. The van der Waals surface area contributed by atoms with Crippen LogP contribution in [0.2, 0.25) is 0 Å². The van der Waals surface area contributed by atoms with Crippen molar-refractivity contribution in [1.29, 1.82) is 0 Å². The lowest BCUT2D eigenvalue weighted by Crippen LogP contribution is -2.71. The van der Waals surface area contributed by atoms with Gasteiger partial charge in [-0.05, 0) is 37.0 Å². The zero-order chi connectivity index (χ0) is 37.6. The van der Waals surface area contributed by atoms with Crippen LogP contribution in [0.5, 0.6) is 0 Å². The number of hydrogen-bond acceptors (Lipinski definition) is 11. The summed E-state index contributed by atoms with van der Waals surface area (Å²) in [6, 6.07) is 4.77. The zero-order valence-corrected chi connectivity index (χ0v) is 31.0. The smallest absolute Gasteiger partial charge is 0.327 e. The first-order valence-electron chi connectivity index (χ1n) is 18.8. The Morgan fingerprint density at radius 3 is 2.37 bits per heavy atom. The number of likely N-dealkylation sites (N-methyl/N-ethyl adjacent to an activating group) is 1. The van der Waals surface area contributed by atoms with Gasteiger partial charge >= 0.3 is 5.97 Å². The van der Waals surface area contributed by atoms with E-state index in [0.717, 1.165) is 49.7 Å². The molecule has 2 unspecified atom stereocenters. The van der Waals surface area contributed by atoms with Crippen molar-refractivity contribution in [2.45, 2.75) is 133 Å². The fourth-order valence-corrected chi connectivity index (χ4v) is 7.99. The van der Waals surface area contributed by atoms with Crippen LogP contribution in [0.1, 0.15) is 89.7 Å². The van der Waals surface area contributed by atoms with Crippen LogP contribution in [0.3, 0.4) is 0 Å². The molecule has 14 heteroatoms. The van der Waals surface area contributed by atoms with E-state index in [-0.39, 0.29) is 32.0 Å². The van der Waals surface area contributed by atoms with E-state index in [1.165, 1.54) is 23.0 Å². The third-order valence-electron chi connectivity index (χ3n) is 10.7. The predicted octanol–water partition coefficient (Wildman–Crippen LogP) is 2.20. The molecule has 288 valence electrons. The van der Waals surface area contributed by atoms with Crippen molar-refractivity contribution >= 4 is 29.8 Å². The highest BCUT2D eigenvalue weighted by atomic mass is 16.8. The quantitative estimate of drug-likeness (QED) is 0.0991. The minimum atomic E-state index is -1.58. The Bertz CT molecular complexity index is 1460. The summed E-state index contributed by atoms with van der Waals surface area (Å²) in [6.45, 7) is 5.30. The van der Waals surface area contributed by atoms with Crippen LogP contribution in [-0.2, 0) is 44.8 Å². The van der Waals surface area contributed by atoms with Crippen molar-refractivity contribution in [1.82, 2.24) is 20.6 Å². The normalized spacial score (nSPS) is 28.6. The second-order valence-electron chi connectivity index (χ2n) is 14.7. The summed E-state index contributed by atoms with van der Waals surface area (Å²) in [7, 11) is 3.32. The molecule has 4 fully saturated rings. The van der Waals surface area contributed by atoms with E-state index in [9.17, 15) is 29.4 Å². The molecule has 1 aromatic rings. The topological polar surface area (TPSA) is 176 Å². The number of aliphatic hydroxyl groups excluding tert-OH is 2. The van der Waals surface area contributed by atoms with Crippen molar-refractivity contribution in [3.8, 4) is 0 Å². The second-order valence-corrected chi connectivity index (χ2v) is 14.7. The van der Waals surface area contributed by atoms with Crippen LogP contribution in [0.4, 0.5) is 0 Å². The molecule has 2 bridgehead atoms. The van der Waals surface area contributed by atoms with Crippen LogP contribution in [0.15, 0.2) is 30.3 Å². The van der Waals surface area contributed by atoms with Crippen molar-refractivity contribution in [3.63, 3.8) is 0 Å². The number of carbonyl (C=O) groups is 4. The molecular weight excluding hydrogens is 672 g/mol. The van der Waals surface area contributed by atoms with E-state index >= 15 is 0 Å². The van der Waals surface area contributed by atoms with Crippen LogP contribution in [0.25, 0.3) is 6.08 Å². The van der Waals surface area contributed by atoms with Crippen molar-refractivity contribution < 1.29 is 48.4 Å². The monoisotopic (exact) mass is 728 g/mol. The molecule has 8 atom stereocenters. The molecule has 3 heterocycles. The first-order chi connectivity index (χ1) is 24.9. The number of ether oxygens (including phenoxy) is 3. The molecule has 4 aliphatic rings. The van der Waals surface area contributed by atoms with Crippen molar-refractivity contribution in [3.05, 3.63) is 41.5 Å². The van der Waals surface area contributed by atoms with E-state index in [1.807, 2.05) is 24.3 Å². The number of benzene rings is 1. The predicted molar refractivity (Wildman–Crippen MR) is 190 cm³/mol. The molecule has 3 saturated heterocycles. The van der Waals surface area contributed by atoms with Gasteiger partial charge in [-0.15, -0.1) is 0 Å². The molecule has 52 heavy (non-hydrogen) atoms. The van der Waals surface area contributed by atoms with Crippen molar-refractivity contribution in [2.75, 3.05) is 27.2 Å². The summed E-state index contributed by atoms with van der Waals surface area (Å²) in [5, 5.41) is 26.6. The third-order valence-corrected chi connectivity index (χ3v) is 10.7. The third kappa shape index (κ3) is 8.07. The largest absolute Gasteiger partial charge is 0.458 e. The summed E-state index contributed by atoms with van der Waals surface area (Å²) in [4.78, 5) is 62.6. The number of rotatable bonds is 18. The summed E-state index contributed by atoms with van der Waals surface area (Å²) >= 11 is 0. The highest BCUT2D eigenvalue weighted by Gasteiger charge is 2.76. The lowest BCUT2D eigenvalue weighted by molar-refractivity contribution is -0.224. The van der Waals surface area contributed by atoms with Crippen LogP contribution in [0, 0.1) is 5.41 Å². The molecule has 1 aliphatic carbocycles. The number of hydroxylamine groups is 2. The molecule has 1 aromatic carbocycles. The number of hydrogen-bond donors (Lipinski definition) is 4. The van der Waals surface area contributed by atoms with E-state index in [2.05, 4.69) is 24.5 Å². The van der Waals surface area contributed by atoms with Gasteiger partial charge in [0.25, 0.3) is 0 Å². The van der Waals surface area contributed by atoms with Gasteiger partial charge in [-0.1, -0.05) is 63.8 Å². The minimum absolute atomic E-state index is 0.0462. The molecule has 0 aromatic heterocycles. The van der Waals surface area contributed by atoms with Gasteiger partial charge in [-0.25, -0.2) is 0 Å². The second kappa shape index (κ2) is 17.2. The first-order valence-corrected chi connectivity index (χ1v) is 18.8. The maximum absolute atomic E-state index is 14.8. The van der Waals surface area contributed by atoms with Gasteiger partial charge < -0.3 is 40.0 Å². The van der Waals surface area contributed by atoms with Gasteiger partial charge in [-0.3, -0.25) is 24.0 Å². The Labute approximate surface area is 306 Å². The van der Waals surface area contributed by atoms with Crippen molar-refractivity contribution in [2.24, 2.45) is 5.41 Å². The average Bonchev–Trinajstić information content (AvgIpc) is 3.67. The molecule has 0 radical (unpaired) electrons. The summed E-state index contributed by atoms with van der Waals surface area (Å²) in [5.41, 5.74) is -0.132. The lowest BCUT2D eigenvalue weighted by atomic mass is 9.62. The Morgan fingerprint density at radius 2 is 1.73 bits per heavy atom. The number of nitrogens with one attached hydrogen (secondary N) is 2. The number of aliphatic hydroxyl groups is 2. The summed E-state index contributed by atoms with van der Waals surface area (Å²) in [6.07, 6.45) is 5.64. The van der Waals surface area contributed by atoms with Gasteiger partial charge in [0.1, 0.15) is 35.9 Å². The molecule has 1 saturated carbocycles. The molecule has 0 spiro atoms. The molecule has 14 nitrogen and oxygen atoms in total. The maximum atomic E-state index is 14.8. The summed E-state index contributed by atoms with van der Waals surface area (Å²) < 4.78 is 19.8. The van der Waals surface area contributed by atoms with E-state index < -0.39 is 71.6 Å². The highest BCUT2D eigenvalue weighted by Crippen LogP contribution is 2.58. The zero-order valence-electron chi connectivity index (χ0n) is 31.0. The highest BCUT2D eigenvalue weighted by molar-refractivity contribution is 5.96. The lowest BCUT2D eigenvalue weighted by Gasteiger charge is -2.49. The molecule has 3 amide bonds. The Balaban J connectivity index is 1.55. The minimum Gasteiger partial charge on any atom is -0.458 e. The molecule has 3 aliphatic heterocycles. The SMILES string of the molecule is CCCCCC1(CCCCC)O[C@@H]2[C@H]3ON(Cc4ccccc4C=CC(=O)N(C)C)[C@H]4C(=O)OC(CC34C(=O)N[C@@H](C(=O)NCCO)[C@H](C)O)[C@@H]2O1. The number of carbonyl (C=O) groups excluding carboxylic acids is 4. The van der Waals surface area contributed by atoms with E-state index in [0.29, 0.717) is 12.8 Å². The summed E-state index contributed by atoms with van der Waals surface area (Å²) in [5.74, 6) is -3.15. The maximum Gasteiger partial charge on any atom is 0.327 e. The Hall–Kier alpha value is -3.40.